The first-order valence-corrected chi connectivity index (χ1v) is 8.97. The summed E-state index contributed by atoms with van der Waals surface area (Å²) in [6, 6.07) is 6.70. The number of hydrogen-bond acceptors (Lipinski definition) is 8. The fourth-order valence-corrected chi connectivity index (χ4v) is 2.55. The number of nitrogen functional groups attached to an aromatic ring is 1. The van der Waals surface area contributed by atoms with Gasteiger partial charge in [-0.3, -0.25) is 10.2 Å². The van der Waals surface area contributed by atoms with Crippen LogP contribution < -0.4 is 16.2 Å². The van der Waals surface area contributed by atoms with Crippen LogP contribution in [-0.2, 0) is 14.4 Å². The molecule has 0 fully saturated rings. The van der Waals surface area contributed by atoms with Gasteiger partial charge in [0.15, 0.2) is 0 Å². The number of anilines is 1. The van der Waals surface area contributed by atoms with Crippen LogP contribution >= 0.6 is 0 Å². The first-order chi connectivity index (χ1) is 12.0. The number of benzene rings is 1. The van der Waals surface area contributed by atoms with Crippen LogP contribution in [0.3, 0.4) is 0 Å². The van der Waals surface area contributed by atoms with Crippen LogP contribution in [0.4, 0.5) is 5.69 Å². The number of hydroxylamine groups is 2. The fraction of sp³-hybridized carbons (Fsp3) is 0.200. The highest BCUT2D eigenvalue weighted by Gasteiger charge is 2.29. The summed E-state index contributed by atoms with van der Waals surface area (Å²) in [5.74, 6) is -1.82. The zero-order valence-electron chi connectivity index (χ0n) is 14.3. The van der Waals surface area contributed by atoms with Gasteiger partial charge in [0.25, 0.3) is 10.1 Å². The van der Waals surface area contributed by atoms with E-state index in [0.29, 0.717) is 17.6 Å². The first-order valence-electron chi connectivity index (χ1n) is 7.16. The quantitative estimate of drug-likeness (QED) is 0.393. The molecule has 11 heteroatoms. The van der Waals surface area contributed by atoms with Crippen molar-refractivity contribution in [2.75, 3.05) is 19.1 Å². The molecule has 1 aromatic heterocycles. The summed E-state index contributed by atoms with van der Waals surface area (Å²) in [6.45, 7) is 1.86. The molecule has 26 heavy (non-hydrogen) atoms. The van der Waals surface area contributed by atoms with Gasteiger partial charge in [-0.15, -0.1) is 9.35 Å². The highest BCUT2D eigenvalue weighted by Crippen LogP contribution is 2.35. The number of nitrogens with one attached hydrogen (secondary N) is 1. The Morgan fingerprint density at radius 2 is 1.96 bits per heavy atom. The lowest BCUT2D eigenvalue weighted by atomic mass is 10.1. The minimum Gasteiger partial charge on any atom is -0.496 e. The number of ether oxygens (including phenoxy) is 1. The van der Waals surface area contributed by atoms with Crippen molar-refractivity contribution in [2.45, 2.75) is 6.92 Å². The molecule has 1 amide bonds. The molecule has 140 valence electrons. The number of hydrogen-bond donors (Lipinski definition) is 3. The average Bonchev–Trinajstić information content (AvgIpc) is 2.92. The lowest BCUT2D eigenvalue weighted by Gasteiger charge is -2.16. The maximum atomic E-state index is 12.5. The van der Waals surface area contributed by atoms with Crippen molar-refractivity contribution in [2.24, 2.45) is 5.73 Å². The Balaban J connectivity index is 2.49. The molecule has 0 radical (unpaired) electrons. The SMILES string of the molecule is COc1ccc(C)cc1-c1cc(N)c(C(=O)N(OS(C)(=O)=O)C(=N)N)o1. The number of rotatable bonds is 5. The molecule has 0 atom stereocenters. The second-order valence-electron chi connectivity index (χ2n) is 5.36. The van der Waals surface area contributed by atoms with Crippen LogP contribution in [0.1, 0.15) is 16.1 Å². The number of aryl methyl sites for hydroxylation is 1. The predicted octanol–water partition coefficient (Wildman–Crippen LogP) is 1.07. The lowest BCUT2D eigenvalue weighted by Crippen LogP contribution is -2.42. The minimum atomic E-state index is -4.11. The third kappa shape index (κ3) is 4.13. The van der Waals surface area contributed by atoms with Crippen molar-refractivity contribution in [1.82, 2.24) is 5.06 Å². The molecule has 0 aliphatic heterocycles. The van der Waals surface area contributed by atoms with E-state index in [1.54, 1.807) is 12.1 Å². The third-order valence-corrected chi connectivity index (χ3v) is 3.61. The maximum absolute atomic E-state index is 12.5. The second-order valence-corrected chi connectivity index (χ2v) is 6.92. The van der Waals surface area contributed by atoms with Gasteiger partial charge in [0.1, 0.15) is 11.5 Å². The smallest absolute Gasteiger partial charge is 0.323 e. The van der Waals surface area contributed by atoms with Crippen LogP contribution in [0, 0.1) is 12.3 Å². The lowest BCUT2D eigenvalue weighted by molar-refractivity contribution is 0.0174. The molecule has 2 aromatic rings. The molecule has 0 spiro atoms. The summed E-state index contributed by atoms with van der Waals surface area (Å²) in [7, 11) is -2.64. The summed E-state index contributed by atoms with van der Waals surface area (Å²) >= 11 is 0. The van der Waals surface area contributed by atoms with Crippen molar-refractivity contribution in [3.05, 3.63) is 35.6 Å². The molecule has 2 rings (SSSR count). The largest absolute Gasteiger partial charge is 0.496 e. The normalized spacial score (nSPS) is 11.2. The molecular weight excluding hydrogens is 364 g/mol. The van der Waals surface area contributed by atoms with E-state index in [1.807, 2.05) is 13.0 Å². The molecule has 0 aliphatic carbocycles. The predicted molar refractivity (Wildman–Crippen MR) is 93.9 cm³/mol. The highest BCUT2D eigenvalue weighted by atomic mass is 32.2. The molecular formula is C15H18N4O6S. The average molecular weight is 382 g/mol. The van der Waals surface area contributed by atoms with E-state index in [-0.39, 0.29) is 16.5 Å². The van der Waals surface area contributed by atoms with Crippen LogP contribution in [0.5, 0.6) is 5.75 Å². The van der Waals surface area contributed by atoms with Crippen LogP contribution in [-0.4, -0.2) is 38.7 Å². The summed E-state index contributed by atoms with van der Waals surface area (Å²) in [6.07, 6.45) is 0.699. The molecule has 10 nitrogen and oxygen atoms in total. The molecule has 0 aliphatic rings. The van der Waals surface area contributed by atoms with Crippen molar-refractivity contribution in [1.29, 1.82) is 5.41 Å². The van der Waals surface area contributed by atoms with Gasteiger partial charge < -0.3 is 20.6 Å². The molecule has 1 heterocycles. The monoisotopic (exact) mass is 382 g/mol. The summed E-state index contributed by atoms with van der Waals surface area (Å²) in [4.78, 5) is 12.5. The number of carbonyl (C=O) groups excluding carboxylic acids is 1. The Bertz CT molecular complexity index is 967. The Morgan fingerprint density at radius 3 is 2.50 bits per heavy atom. The summed E-state index contributed by atoms with van der Waals surface area (Å²) in [5.41, 5.74) is 12.4. The van der Waals surface area contributed by atoms with E-state index >= 15 is 0 Å². The topological polar surface area (TPSA) is 162 Å². The number of nitrogens with zero attached hydrogens (tertiary/aromatic N) is 1. The second kappa shape index (κ2) is 7.06. The molecule has 0 saturated heterocycles. The van der Waals surface area contributed by atoms with E-state index < -0.39 is 27.7 Å². The molecule has 0 bridgehead atoms. The van der Waals surface area contributed by atoms with Gasteiger partial charge in [-0.25, -0.2) is 0 Å². The van der Waals surface area contributed by atoms with E-state index in [9.17, 15) is 13.2 Å². The summed E-state index contributed by atoms with van der Waals surface area (Å²) < 4.78 is 37.7. The Kier molecular flexibility index (Phi) is 5.23. The zero-order chi connectivity index (χ0) is 19.6. The van der Waals surface area contributed by atoms with Crippen molar-refractivity contribution < 1.29 is 26.7 Å². The van der Waals surface area contributed by atoms with Crippen LogP contribution in [0.2, 0.25) is 0 Å². The highest BCUT2D eigenvalue weighted by molar-refractivity contribution is 7.85. The Morgan fingerprint density at radius 1 is 1.31 bits per heavy atom. The van der Waals surface area contributed by atoms with Gasteiger partial charge in [0, 0.05) is 6.07 Å². The number of furan rings is 1. The van der Waals surface area contributed by atoms with Gasteiger partial charge in [-0.05, 0) is 19.1 Å². The number of guanidine groups is 1. The zero-order valence-corrected chi connectivity index (χ0v) is 15.1. The first kappa shape index (κ1) is 19.3. The van der Waals surface area contributed by atoms with E-state index in [0.717, 1.165) is 5.56 Å². The standard InChI is InChI=1S/C15H18N4O6S/c1-8-4-5-11(23-2)9(6-8)12-7-10(16)13(24-12)14(20)19(15(17)18)25-26(3,21)22/h4-7H,16H2,1-3H3,(H3,17,18). The fourth-order valence-electron chi connectivity index (χ4n) is 2.13. The molecule has 0 saturated carbocycles. The van der Waals surface area contributed by atoms with Crippen LogP contribution in [0.15, 0.2) is 28.7 Å². The Labute approximate surface area is 149 Å². The molecule has 0 unspecified atom stereocenters. The van der Waals surface area contributed by atoms with E-state index in [1.165, 1.54) is 13.2 Å². The van der Waals surface area contributed by atoms with E-state index in [2.05, 4.69) is 4.28 Å². The van der Waals surface area contributed by atoms with Gasteiger partial charge in [-0.1, -0.05) is 11.6 Å². The van der Waals surface area contributed by atoms with Gasteiger partial charge >= 0.3 is 5.91 Å². The number of amides is 1. The summed E-state index contributed by atoms with van der Waals surface area (Å²) in [5, 5.41) is 7.41. The van der Waals surface area contributed by atoms with Gasteiger partial charge in [-0.2, -0.15) is 8.42 Å². The van der Waals surface area contributed by atoms with Gasteiger partial charge in [0.2, 0.25) is 11.7 Å². The number of methoxy groups -OCH3 is 1. The molecule has 1 aromatic carbocycles. The maximum Gasteiger partial charge on any atom is 0.323 e. The van der Waals surface area contributed by atoms with Gasteiger partial charge in [0.05, 0.1) is 24.6 Å². The van der Waals surface area contributed by atoms with E-state index in [4.69, 9.17) is 26.0 Å². The van der Waals surface area contributed by atoms with Crippen LogP contribution in [0.25, 0.3) is 11.3 Å². The Hall–Kier alpha value is -3.05. The minimum absolute atomic E-state index is 0.0712. The number of carbonyl (C=O) groups is 1. The number of nitrogens with two attached hydrogens (primary N) is 2. The van der Waals surface area contributed by atoms with Crippen molar-refractivity contribution in [3.63, 3.8) is 0 Å². The molecule has 5 N–H and O–H groups in total. The van der Waals surface area contributed by atoms with Crippen molar-refractivity contribution in [3.8, 4) is 17.1 Å². The van der Waals surface area contributed by atoms with Crippen molar-refractivity contribution >= 4 is 27.7 Å². The third-order valence-electron chi connectivity index (χ3n) is 3.19.